The summed E-state index contributed by atoms with van der Waals surface area (Å²) < 4.78 is 10.9. The first-order valence-electron chi connectivity index (χ1n) is 12.2. The number of aliphatic hydroxyl groups is 1. The molecule has 3 aromatic rings. The number of anilines is 3. The van der Waals surface area contributed by atoms with Gasteiger partial charge in [0.15, 0.2) is 0 Å². The minimum Gasteiger partial charge on any atom is -0.395 e. The molecule has 4 heterocycles. The van der Waals surface area contributed by atoms with Crippen LogP contribution < -0.4 is 10.6 Å². The standard InChI is InChI=1S/C27H30N6O3/c1-27(16-34)15-30-25-18(13-28)10-17(11-20(25)27)21-5-7-29-26(32-21)33-24-12-19-14-36-9-6-22(19)31-23(24)4-3-8-35-2/h5,7,10-12,30,34H,3-4,6,8-9,14-16H2,1-2H3,(H,29,32,33)/t27-/m1/s1. The van der Waals surface area contributed by atoms with E-state index in [1.165, 1.54) is 0 Å². The van der Waals surface area contributed by atoms with E-state index in [2.05, 4.69) is 27.8 Å². The summed E-state index contributed by atoms with van der Waals surface area (Å²) in [5.74, 6) is 0.445. The van der Waals surface area contributed by atoms with Gasteiger partial charge in [-0.3, -0.25) is 4.98 Å². The average Bonchev–Trinajstić information content (AvgIpc) is 3.25. The Morgan fingerprint density at radius 2 is 2.19 bits per heavy atom. The fraction of sp³-hybridized carbons (Fsp3) is 0.407. The number of pyridine rings is 1. The topological polar surface area (TPSA) is 125 Å². The Bertz CT molecular complexity index is 1320. The summed E-state index contributed by atoms with van der Waals surface area (Å²) in [6.07, 6.45) is 4.14. The Hall–Kier alpha value is -3.58. The van der Waals surface area contributed by atoms with Crippen molar-refractivity contribution in [3.63, 3.8) is 0 Å². The quantitative estimate of drug-likeness (QED) is 0.410. The van der Waals surface area contributed by atoms with Crippen LogP contribution in [0.1, 0.15) is 41.4 Å². The van der Waals surface area contributed by atoms with Crippen molar-refractivity contribution in [2.45, 2.75) is 38.2 Å². The number of hydrogen-bond donors (Lipinski definition) is 3. The number of hydrogen-bond acceptors (Lipinski definition) is 9. The molecule has 0 fully saturated rings. The summed E-state index contributed by atoms with van der Waals surface area (Å²) in [7, 11) is 1.70. The highest BCUT2D eigenvalue weighted by molar-refractivity contribution is 5.76. The van der Waals surface area contributed by atoms with E-state index < -0.39 is 5.41 Å². The second kappa shape index (κ2) is 10.2. The molecule has 0 radical (unpaired) electrons. The number of nitrogens with zero attached hydrogens (tertiary/aromatic N) is 4. The lowest BCUT2D eigenvalue weighted by atomic mass is 9.83. The molecule has 1 atom stereocenters. The molecule has 186 valence electrons. The Balaban J connectivity index is 1.49. The lowest BCUT2D eigenvalue weighted by Crippen LogP contribution is -2.28. The van der Waals surface area contributed by atoms with Crippen LogP contribution in [-0.2, 0) is 34.3 Å². The Morgan fingerprint density at radius 3 is 3.00 bits per heavy atom. The maximum absolute atomic E-state index is 10.0. The highest BCUT2D eigenvalue weighted by Crippen LogP contribution is 2.41. The van der Waals surface area contributed by atoms with Crippen molar-refractivity contribution in [3.05, 3.63) is 58.5 Å². The molecule has 0 bridgehead atoms. The van der Waals surface area contributed by atoms with Gasteiger partial charge in [0.05, 0.1) is 48.1 Å². The van der Waals surface area contributed by atoms with Crippen LogP contribution in [-0.4, -0.2) is 53.5 Å². The van der Waals surface area contributed by atoms with Gasteiger partial charge in [-0.25, -0.2) is 9.97 Å². The predicted molar refractivity (Wildman–Crippen MR) is 136 cm³/mol. The number of nitriles is 1. The zero-order valence-corrected chi connectivity index (χ0v) is 20.6. The molecule has 3 N–H and O–H groups in total. The van der Waals surface area contributed by atoms with Crippen molar-refractivity contribution in [2.75, 3.05) is 44.1 Å². The van der Waals surface area contributed by atoms with Crippen LogP contribution >= 0.6 is 0 Å². The predicted octanol–water partition coefficient (Wildman–Crippen LogP) is 3.48. The maximum Gasteiger partial charge on any atom is 0.227 e. The molecular formula is C27H30N6O3. The van der Waals surface area contributed by atoms with Gasteiger partial charge in [0, 0.05) is 55.1 Å². The third kappa shape index (κ3) is 4.63. The number of fused-ring (bicyclic) bond motifs is 2. The Labute approximate surface area is 210 Å². The highest BCUT2D eigenvalue weighted by atomic mass is 16.5. The third-order valence-corrected chi connectivity index (χ3v) is 6.88. The number of rotatable bonds is 8. The van der Waals surface area contributed by atoms with Gasteiger partial charge >= 0.3 is 0 Å². The van der Waals surface area contributed by atoms with E-state index in [4.69, 9.17) is 19.4 Å². The normalized spacial score (nSPS) is 18.2. The van der Waals surface area contributed by atoms with Gasteiger partial charge in [-0.2, -0.15) is 5.26 Å². The fourth-order valence-electron chi connectivity index (χ4n) is 4.78. The summed E-state index contributed by atoms with van der Waals surface area (Å²) in [6, 6.07) is 10.0. The zero-order valence-electron chi connectivity index (χ0n) is 20.6. The van der Waals surface area contributed by atoms with E-state index in [1.807, 2.05) is 25.1 Å². The molecule has 36 heavy (non-hydrogen) atoms. The first-order valence-corrected chi connectivity index (χ1v) is 12.2. The van der Waals surface area contributed by atoms with Gasteiger partial charge in [0.1, 0.15) is 6.07 Å². The average molecular weight is 487 g/mol. The molecule has 0 spiro atoms. The largest absolute Gasteiger partial charge is 0.395 e. The van der Waals surface area contributed by atoms with E-state index in [9.17, 15) is 10.4 Å². The molecule has 0 aliphatic carbocycles. The lowest BCUT2D eigenvalue weighted by molar-refractivity contribution is 0.109. The summed E-state index contributed by atoms with van der Waals surface area (Å²) in [5.41, 5.74) is 7.24. The molecule has 2 aromatic heterocycles. The lowest BCUT2D eigenvalue weighted by Gasteiger charge is -2.21. The van der Waals surface area contributed by atoms with Crippen molar-refractivity contribution in [2.24, 2.45) is 0 Å². The van der Waals surface area contributed by atoms with Crippen molar-refractivity contribution in [3.8, 4) is 17.3 Å². The molecule has 9 nitrogen and oxygen atoms in total. The first kappa shape index (κ1) is 24.1. The summed E-state index contributed by atoms with van der Waals surface area (Å²) >= 11 is 0. The minimum atomic E-state index is -0.459. The third-order valence-electron chi connectivity index (χ3n) is 6.88. The molecule has 9 heteroatoms. The van der Waals surface area contributed by atoms with Gasteiger partial charge < -0.3 is 25.2 Å². The molecule has 2 aliphatic rings. The van der Waals surface area contributed by atoms with E-state index in [-0.39, 0.29) is 6.61 Å². The van der Waals surface area contributed by atoms with Crippen LogP contribution in [0.5, 0.6) is 0 Å². The van der Waals surface area contributed by atoms with Crippen molar-refractivity contribution >= 4 is 17.3 Å². The minimum absolute atomic E-state index is 0.0151. The van der Waals surface area contributed by atoms with E-state index >= 15 is 0 Å². The SMILES string of the molecule is COCCCc1nc2c(cc1Nc1nccc(-c3cc(C#N)c4c(c3)[C@@](C)(CO)CN4)n1)COCC2. The summed E-state index contributed by atoms with van der Waals surface area (Å²) in [6.45, 7) is 4.44. The molecule has 0 unspecified atom stereocenters. The highest BCUT2D eigenvalue weighted by Gasteiger charge is 2.36. The molecule has 0 saturated carbocycles. The number of aromatic nitrogens is 3. The van der Waals surface area contributed by atoms with E-state index in [1.54, 1.807) is 13.3 Å². The zero-order chi connectivity index (χ0) is 25.1. The molecule has 0 saturated heterocycles. The van der Waals surface area contributed by atoms with Crippen LogP contribution in [0.2, 0.25) is 0 Å². The second-order valence-corrected chi connectivity index (χ2v) is 9.51. The molecule has 2 aliphatic heterocycles. The number of aryl methyl sites for hydroxylation is 1. The van der Waals surface area contributed by atoms with Crippen molar-refractivity contribution < 1.29 is 14.6 Å². The van der Waals surface area contributed by atoms with E-state index in [0.717, 1.165) is 58.7 Å². The summed E-state index contributed by atoms with van der Waals surface area (Å²) in [4.78, 5) is 14.1. The van der Waals surface area contributed by atoms with Crippen LogP contribution in [0.25, 0.3) is 11.3 Å². The van der Waals surface area contributed by atoms with Gasteiger partial charge in [-0.15, -0.1) is 0 Å². The smallest absolute Gasteiger partial charge is 0.227 e. The number of benzene rings is 1. The summed E-state index contributed by atoms with van der Waals surface area (Å²) in [5, 5.41) is 26.4. The number of nitrogens with one attached hydrogen (secondary N) is 2. The number of ether oxygens (including phenoxy) is 2. The van der Waals surface area contributed by atoms with Crippen molar-refractivity contribution in [1.82, 2.24) is 15.0 Å². The van der Waals surface area contributed by atoms with Crippen molar-refractivity contribution in [1.29, 1.82) is 5.26 Å². The molecular weight excluding hydrogens is 456 g/mol. The van der Waals surface area contributed by atoms with Gasteiger partial charge in [-0.1, -0.05) is 6.92 Å². The number of methoxy groups -OCH3 is 1. The van der Waals surface area contributed by atoms with Gasteiger partial charge in [0.25, 0.3) is 0 Å². The Kier molecular flexibility index (Phi) is 6.83. The van der Waals surface area contributed by atoms with Crippen LogP contribution in [0.3, 0.4) is 0 Å². The van der Waals surface area contributed by atoms with Gasteiger partial charge in [0.2, 0.25) is 5.95 Å². The number of aliphatic hydroxyl groups excluding tert-OH is 1. The fourth-order valence-corrected chi connectivity index (χ4v) is 4.78. The van der Waals surface area contributed by atoms with Crippen LogP contribution in [0, 0.1) is 11.3 Å². The van der Waals surface area contributed by atoms with E-state index in [0.29, 0.717) is 43.6 Å². The first-order chi connectivity index (χ1) is 17.5. The molecule has 5 rings (SSSR count). The monoisotopic (exact) mass is 486 g/mol. The van der Waals surface area contributed by atoms with Gasteiger partial charge in [-0.05, 0) is 42.7 Å². The molecule has 0 amide bonds. The van der Waals surface area contributed by atoms with Crippen LogP contribution in [0.4, 0.5) is 17.3 Å². The molecule has 1 aromatic carbocycles. The van der Waals surface area contributed by atoms with Crippen LogP contribution in [0.15, 0.2) is 30.5 Å². The Morgan fingerprint density at radius 1 is 1.31 bits per heavy atom. The second-order valence-electron chi connectivity index (χ2n) is 9.51. The maximum atomic E-state index is 10.0.